The number of ether oxygens (including phenoxy) is 1. The zero-order valence-electron chi connectivity index (χ0n) is 11.5. The third-order valence-electron chi connectivity index (χ3n) is 3.13. The molecule has 0 saturated heterocycles. The van der Waals surface area contributed by atoms with E-state index in [4.69, 9.17) is 22.7 Å². The Balaban J connectivity index is 2.28. The molecule has 0 spiro atoms. The van der Waals surface area contributed by atoms with Crippen LogP contribution in [0.4, 0.5) is 5.82 Å². The van der Waals surface area contributed by atoms with Gasteiger partial charge in [0.25, 0.3) is 0 Å². The van der Waals surface area contributed by atoms with Gasteiger partial charge in [0.2, 0.25) is 4.77 Å². The van der Waals surface area contributed by atoms with Gasteiger partial charge in [-0.3, -0.25) is 9.67 Å². The SMILES string of the molecule is COc1ccc(-n2c(N)c3c(SC)n[nH]c3nc2=S)cc1. The fraction of sp³-hybridized carbons (Fsp3) is 0.154. The second kappa shape index (κ2) is 5.38. The topological polar surface area (TPSA) is 81.8 Å². The molecule has 0 unspecified atom stereocenters. The van der Waals surface area contributed by atoms with E-state index >= 15 is 0 Å². The Labute approximate surface area is 130 Å². The van der Waals surface area contributed by atoms with Crippen LogP contribution in [0, 0.1) is 4.77 Å². The molecule has 1 aromatic carbocycles. The molecule has 0 saturated carbocycles. The summed E-state index contributed by atoms with van der Waals surface area (Å²) in [4.78, 5) is 4.36. The van der Waals surface area contributed by atoms with Crippen LogP contribution in [0.15, 0.2) is 29.3 Å². The molecule has 0 atom stereocenters. The van der Waals surface area contributed by atoms with Crippen molar-refractivity contribution in [2.75, 3.05) is 19.1 Å². The number of rotatable bonds is 3. The highest BCUT2D eigenvalue weighted by molar-refractivity contribution is 7.98. The number of nitrogens with one attached hydrogen (secondary N) is 1. The summed E-state index contributed by atoms with van der Waals surface area (Å²) < 4.78 is 7.26. The van der Waals surface area contributed by atoms with Crippen LogP contribution >= 0.6 is 24.0 Å². The van der Waals surface area contributed by atoms with E-state index in [0.717, 1.165) is 21.8 Å². The molecule has 8 heteroatoms. The van der Waals surface area contributed by atoms with Gasteiger partial charge in [0.15, 0.2) is 5.65 Å². The van der Waals surface area contributed by atoms with Crippen LogP contribution in [0.1, 0.15) is 0 Å². The highest BCUT2D eigenvalue weighted by Gasteiger charge is 2.14. The first-order chi connectivity index (χ1) is 10.2. The number of thioether (sulfide) groups is 1. The minimum absolute atomic E-state index is 0.376. The van der Waals surface area contributed by atoms with Crippen molar-refractivity contribution in [2.45, 2.75) is 5.03 Å². The number of H-pyrrole nitrogens is 1. The molecule has 2 aromatic heterocycles. The molecule has 0 fully saturated rings. The monoisotopic (exact) mass is 319 g/mol. The van der Waals surface area contributed by atoms with Crippen molar-refractivity contribution in [2.24, 2.45) is 0 Å². The van der Waals surface area contributed by atoms with E-state index in [0.29, 0.717) is 16.2 Å². The lowest BCUT2D eigenvalue weighted by molar-refractivity contribution is 0.414. The van der Waals surface area contributed by atoms with Crippen LogP contribution in [0.3, 0.4) is 0 Å². The molecule has 0 radical (unpaired) electrons. The van der Waals surface area contributed by atoms with Crippen LogP contribution in [0.25, 0.3) is 16.7 Å². The number of aromatic amines is 1. The van der Waals surface area contributed by atoms with E-state index in [9.17, 15) is 0 Å². The first kappa shape index (κ1) is 13.9. The van der Waals surface area contributed by atoms with E-state index in [1.165, 1.54) is 11.8 Å². The van der Waals surface area contributed by atoms with Crippen molar-refractivity contribution < 1.29 is 4.74 Å². The first-order valence-electron chi connectivity index (χ1n) is 6.10. The van der Waals surface area contributed by atoms with Gasteiger partial charge in [0.1, 0.15) is 16.6 Å². The summed E-state index contributed by atoms with van der Waals surface area (Å²) in [6.07, 6.45) is 1.94. The Bertz CT molecular complexity index is 853. The zero-order chi connectivity index (χ0) is 15.0. The van der Waals surface area contributed by atoms with E-state index in [-0.39, 0.29) is 0 Å². The summed E-state index contributed by atoms with van der Waals surface area (Å²) >= 11 is 6.85. The third-order valence-corrected chi connectivity index (χ3v) is 4.09. The molecular formula is C13H13N5OS2. The number of aromatic nitrogens is 4. The number of hydrogen-bond acceptors (Lipinski definition) is 6. The Hall–Kier alpha value is -2.06. The van der Waals surface area contributed by atoms with Crippen LogP contribution < -0.4 is 10.5 Å². The largest absolute Gasteiger partial charge is 0.497 e. The third kappa shape index (κ3) is 2.26. The molecule has 2 heterocycles. The average molecular weight is 319 g/mol. The Morgan fingerprint density at radius 3 is 2.67 bits per heavy atom. The van der Waals surface area contributed by atoms with Crippen LogP contribution in [0.2, 0.25) is 0 Å². The van der Waals surface area contributed by atoms with Crippen molar-refractivity contribution in [1.29, 1.82) is 0 Å². The second-order valence-electron chi connectivity index (χ2n) is 4.27. The lowest BCUT2D eigenvalue weighted by atomic mass is 10.3. The number of anilines is 1. The van der Waals surface area contributed by atoms with Crippen LogP contribution in [-0.2, 0) is 0 Å². The molecule has 0 bridgehead atoms. The van der Waals surface area contributed by atoms with E-state index in [1.807, 2.05) is 30.5 Å². The molecule has 108 valence electrons. The summed E-state index contributed by atoms with van der Waals surface area (Å²) in [5, 5.41) is 8.63. The van der Waals surface area contributed by atoms with Gasteiger partial charge in [0, 0.05) is 0 Å². The lowest BCUT2D eigenvalue weighted by Gasteiger charge is -2.12. The van der Waals surface area contributed by atoms with Gasteiger partial charge in [-0.2, -0.15) is 10.1 Å². The quantitative estimate of drug-likeness (QED) is 0.570. The molecule has 0 amide bonds. The predicted octanol–water partition coefficient (Wildman–Crippen LogP) is 2.79. The van der Waals surface area contributed by atoms with Crippen molar-refractivity contribution in [3.05, 3.63) is 29.0 Å². The summed E-state index contributed by atoms with van der Waals surface area (Å²) in [6, 6.07) is 7.48. The van der Waals surface area contributed by atoms with Gasteiger partial charge in [-0.25, -0.2) is 0 Å². The minimum atomic E-state index is 0.376. The number of benzene rings is 1. The summed E-state index contributed by atoms with van der Waals surface area (Å²) in [5.74, 6) is 1.29. The first-order valence-corrected chi connectivity index (χ1v) is 7.74. The number of methoxy groups -OCH3 is 1. The minimum Gasteiger partial charge on any atom is -0.497 e. The number of fused-ring (bicyclic) bond motifs is 1. The van der Waals surface area contributed by atoms with Crippen LogP contribution in [0.5, 0.6) is 5.75 Å². The average Bonchev–Trinajstić information content (AvgIpc) is 2.91. The highest BCUT2D eigenvalue weighted by Crippen LogP contribution is 2.29. The summed E-state index contributed by atoms with van der Waals surface area (Å²) in [5.41, 5.74) is 7.73. The van der Waals surface area contributed by atoms with Gasteiger partial charge in [-0.05, 0) is 42.7 Å². The lowest BCUT2D eigenvalue weighted by Crippen LogP contribution is -2.07. The summed E-state index contributed by atoms with van der Waals surface area (Å²) in [6.45, 7) is 0. The van der Waals surface area contributed by atoms with Crippen molar-refractivity contribution in [3.63, 3.8) is 0 Å². The predicted molar refractivity (Wildman–Crippen MR) is 86.8 cm³/mol. The molecule has 21 heavy (non-hydrogen) atoms. The van der Waals surface area contributed by atoms with E-state index < -0.39 is 0 Å². The number of nitrogen functional groups attached to an aromatic ring is 1. The van der Waals surface area contributed by atoms with Gasteiger partial charge < -0.3 is 10.5 Å². The van der Waals surface area contributed by atoms with Crippen molar-refractivity contribution in [3.8, 4) is 11.4 Å². The standard InChI is InChI=1S/C13H13N5OS2/c1-19-8-5-3-7(4-6-8)18-10(14)9-11(15-13(18)20)16-17-12(9)21-2/h3-6H,14H2,1-2H3,(H,15,16,20). The Morgan fingerprint density at radius 2 is 2.05 bits per heavy atom. The summed E-state index contributed by atoms with van der Waals surface area (Å²) in [7, 11) is 1.62. The Morgan fingerprint density at radius 1 is 1.33 bits per heavy atom. The van der Waals surface area contributed by atoms with Crippen molar-refractivity contribution >= 4 is 40.8 Å². The number of hydrogen-bond donors (Lipinski definition) is 2. The zero-order valence-corrected chi connectivity index (χ0v) is 13.1. The fourth-order valence-electron chi connectivity index (χ4n) is 2.12. The molecule has 3 rings (SSSR count). The molecule has 0 aliphatic carbocycles. The highest BCUT2D eigenvalue weighted by atomic mass is 32.2. The number of nitrogens with two attached hydrogens (primary N) is 1. The molecule has 3 N–H and O–H groups in total. The molecular weight excluding hydrogens is 306 g/mol. The van der Waals surface area contributed by atoms with Gasteiger partial charge in [0.05, 0.1) is 18.2 Å². The van der Waals surface area contributed by atoms with Gasteiger partial charge in [-0.1, -0.05) is 0 Å². The van der Waals surface area contributed by atoms with E-state index in [1.54, 1.807) is 11.7 Å². The maximum Gasteiger partial charge on any atom is 0.207 e. The molecule has 0 aliphatic rings. The maximum atomic E-state index is 6.29. The van der Waals surface area contributed by atoms with Crippen molar-refractivity contribution in [1.82, 2.24) is 19.7 Å². The number of nitrogens with zero attached hydrogens (tertiary/aromatic N) is 3. The molecule has 6 nitrogen and oxygen atoms in total. The Kier molecular flexibility index (Phi) is 3.56. The maximum absolute atomic E-state index is 6.29. The smallest absolute Gasteiger partial charge is 0.207 e. The molecule has 0 aliphatic heterocycles. The molecule has 3 aromatic rings. The van der Waals surface area contributed by atoms with Crippen LogP contribution in [-0.4, -0.2) is 33.1 Å². The van der Waals surface area contributed by atoms with Gasteiger partial charge in [-0.15, -0.1) is 11.8 Å². The second-order valence-corrected chi connectivity index (χ2v) is 5.43. The van der Waals surface area contributed by atoms with Gasteiger partial charge >= 0.3 is 0 Å². The fourth-order valence-corrected chi connectivity index (χ4v) is 2.95. The van der Waals surface area contributed by atoms with E-state index in [2.05, 4.69) is 15.2 Å². The normalized spacial score (nSPS) is 11.0.